The fourth-order valence-electron chi connectivity index (χ4n) is 5.66. The molecule has 0 N–H and O–H groups in total. The van der Waals surface area contributed by atoms with Crippen LogP contribution in [0.15, 0.2) is 17.5 Å². The third kappa shape index (κ3) is 3.03. The van der Waals surface area contributed by atoms with Crippen LogP contribution in [-0.4, -0.2) is 84.9 Å². The van der Waals surface area contributed by atoms with Crippen molar-refractivity contribution >= 4 is 23.3 Å². The molecule has 0 radical (unpaired) electrons. The summed E-state index contributed by atoms with van der Waals surface area (Å²) < 4.78 is 0. The Morgan fingerprint density at radius 3 is 2.50 bits per heavy atom. The maximum absolute atomic E-state index is 13.5. The molecular weight excluding hydrogens is 372 g/mol. The second-order valence-electron chi connectivity index (χ2n) is 8.89. The van der Waals surface area contributed by atoms with Crippen LogP contribution in [-0.2, 0) is 11.3 Å². The van der Waals surface area contributed by atoms with E-state index >= 15 is 0 Å². The summed E-state index contributed by atoms with van der Waals surface area (Å²) in [6, 6.07) is 4.35. The molecule has 1 aromatic rings. The van der Waals surface area contributed by atoms with E-state index in [0.717, 1.165) is 58.5 Å². The van der Waals surface area contributed by atoms with Crippen LogP contribution in [0.1, 0.15) is 31.1 Å². The summed E-state index contributed by atoms with van der Waals surface area (Å²) >= 11 is 1.81. The van der Waals surface area contributed by atoms with Crippen molar-refractivity contribution in [2.24, 2.45) is 10.8 Å². The number of nitrogens with zero attached hydrogens (tertiary/aromatic N) is 4. The summed E-state index contributed by atoms with van der Waals surface area (Å²) in [5.41, 5.74) is -0.463. The molecule has 4 heterocycles. The first kappa shape index (κ1) is 19.7. The molecule has 28 heavy (non-hydrogen) atoms. The van der Waals surface area contributed by atoms with Crippen LogP contribution in [0.2, 0.25) is 0 Å². The van der Waals surface area contributed by atoms with Crippen LogP contribution in [0.5, 0.6) is 0 Å². The van der Waals surface area contributed by atoms with Crippen molar-refractivity contribution in [1.82, 2.24) is 19.6 Å². The Hall–Kier alpha value is -1.60. The summed E-state index contributed by atoms with van der Waals surface area (Å²) in [6.07, 6.45) is 2.89. The molecule has 3 fully saturated rings. The lowest BCUT2D eigenvalue weighted by Gasteiger charge is -2.46. The number of hydrogen-bond donors (Lipinski definition) is 0. The van der Waals surface area contributed by atoms with E-state index in [1.54, 1.807) is 19.0 Å². The highest BCUT2D eigenvalue weighted by Gasteiger charge is 2.65. The number of carbonyl (C=O) groups is 2. The van der Waals surface area contributed by atoms with Crippen LogP contribution < -0.4 is 0 Å². The van der Waals surface area contributed by atoms with Crippen molar-refractivity contribution in [2.75, 3.05) is 53.4 Å². The van der Waals surface area contributed by atoms with E-state index in [1.807, 2.05) is 21.1 Å². The van der Waals surface area contributed by atoms with Crippen molar-refractivity contribution in [3.63, 3.8) is 0 Å². The lowest BCUT2D eigenvalue weighted by atomic mass is 9.60. The first-order valence-electron chi connectivity index (χ1n) is 10.4. The number of fused-ring (bicyclic) bond motifs is 1. The second kappa shape index (κ2) is 7.34. The average molecular weight is 405 g/mol. The van der Waals surface area contributed by atoms with Crippen LogP contribution in [0.3, 0.4) is 0 Å². The first-order valence-corrected chi connectivity index (χ1v) is 11.3. The maximum atomic E-state index is 13.5. The Morgan fingerprint density at radius 2 is 1.93 bits per heavy atom. The number of piperidine rings is 1. The average Bonchev–Trinajstić information content (AvgIpc) is 3.38. The van der Waals surface area contributed by atoms with Gasteiger partial charge in [0, 0.05) is 57.1 Å². The van der Waals surface area contributed by atoms with Gasteiger partial charge in [-0.25, -0.2) is 4.79 Å². The fourth-order valence-corrected chi connectivity index (χ4v) is 6.41. The van der Waals surface area contributed by atoms with Crippen LogP contribution in [0, 0.1) is 10.8 Å². The molecule has 0 unspecified atom stereocenters. The summed E-state index contributed by atoms with van der Waals surface area (Å²) in [5.74, 6) is 0.288. The molecule has 6 nitrogen and oxygen atoms in total. The molecule has 3 aliphatic rings. The van der Waals surface area contributed by atoms with E-state index in [0.29, 0.717) is 6.54 Å². The van der Waals surface area contributed by atoms with E-state index in [2.05, 4.69) is 29.3 Å². The molecule has 0 bridgehead atoms. The predicted octanol–water partition coefficient (Wildman–Crippen LogP) is 2.57. The molecule has 3 amide bonds. The molecule has 1 aromatic heterocycles. The van der Waals surface area contributed by atoms with Crippen molar-refractivity contribution < 1.29 is 9.59 Å². The van der Waals surface area contributed by atoms with Gasteiger partial charge in [-0.15, -0.1) is 11.3 Å². The molecule has 0 aliphatic carbocycles. The molecule has 3 aliphatic heterocycles. The smallest absolute Gasteiger partial charge is 0.319 e. The molecule has 0 saturated carbocycles. The molecular formula is C21H32N4O2S. The Bertz CT molecular complexity index is 727. The quantitative estimate of drug-likeness (QED) is 0.778. The van der Waals surface area contributed by atoms with Crippen LogP contribution in [0.25, 0.3) is 0 Å². The van der Waals surface area contributed by atoms with E-state index < -0.39 is 0 Å². The van der Waals surface area contributed by atoms with Gasteiger partial charge in [-0.05, 0) is 50.7 Å². The minimum absolute atomic E-state index is 0.0417. The zero-order chi connectivity index (χ0) is 19.9. The van der Waals surface area contributed by atoms with Gasteiger partial charge in [-0.1, -0.05) is 6.07 Å². The van der Waals surface area contributed by atoms with E-state index in [4.69, 9.17) is 0 Å². The van der Waals surface area contributed by atoms with Gasteiger partial charge in [0.2, 0.25) is 5.91 Å². The van der Waals surface area contributed by atoms with Gasteiger partial charge < -0.3 is 14.7 Å². The summed E-state index contributed by atoms with van der Waals surface area (Å²) in [7, 11) is 3.61. The van der Waals surface area contributed by atoms with Gasteiger partial charge in [0.25, 0.3) is 0 Å². The van der Waals surface area contributed by atoms with Crippen LogP contribution >= 0.6 is 11.3 Å². The Kier molecular flexibility index (Phi) is 5.16. The van der Waals surface area contributed by atoms with Gasteiger partial charge in [-0.2, -0.15) is 0 Å². The standard InChI is InChI=1S/C21H32N4O2S/c1-4-24-12-9-21(18(24)26)16-25(19(27)22(2)3)15-20(21)7-10-23(11-8-20)14-17-6-5-13-28-17/h5-6,13H,4,7-12,14-16H2,1-3H3/t21-/m0/s1. The molecule has 1 atom stereocenters. The molecule has 3 saturated heterocycles. The maximum Gasteiger partial charge on any atom is 0.319 e. The highest BCUT2D eigenvalue weighted by molar-refractivity contribution is 7.09. The van der Waals surface area contributed by atoms with Gasteiger partial charge in [0.15, 0.2) is 0 Å². The fraction of sp³-hybridized carbons (Fsp3) is 0.714. The van der Waals surface area contributed by atoms with E-state index in [1.165, 1.54) is 4.88 Å². The van der Waals surface area contributed by atoms with Gasteiger partial charge in [0.05, 0.1) is 5.41 Å². The Morgan fingerprint density at radius 1 is 1.18 bits per heavy atom. The van der Waals surface area contributed by atoms with Crippen molar-refractivity contribution in [2.45, 2.75) is 32.7 Å². The first-order chi connectivity index (χ1) is 13.4. The molecule has 154 valence electrons. The number of rotatable bonds is 3. The number of amides is 3. The summed E-state index contributed by atoms with van der Waals surface area (Å²) in [4.78, 5) is 35.7. The lowest BCUT2D eigenvalue weighted by Crippen LogP contribution is -2.52. The van der Waals surface area contributed by atoms with Crippen LogP contribution in [0.4, 0.5) is 4.79 Å². The SMILES string of the molecule is CCN1CC[C@]2(CN(C(=O)N(C)C)CC23CCN(Cc2cccs2)CC3)C1=O. The minimum Gasteiger partial charge on any atom is -0.342 e. The largest absolute Gasteiger partial charge is 0.342 e. The number of thiophene rings is 1. The summed E-state index contributed by atoms with van der Waals surface area (Å²) in [6.45, 7) is 7.97. The monoisotopic (exact) mass is 404 g/mol. The molecule has 2 spiro atoms. The Balaban J connectivity index is 1.56. The van der Waals surface area contributed by atoms with E-state index in [-0.39, 0.29) is 22.8 Å². The second-order valence-corrected chi connectivity index (χ2v) is 9.92. The van der Waals surface area contributed by atoms with Crippen molar-refractivity contribution in [1.29, 1.82) is 0 Å². The highest BCUT2D eigenvalue weighted by Crippen LogP contribution is 2.58. The molecule has 7 heteroatoms. The zero-order valence-electron chi connectivity index (χ0n) is 17.3. The summed E-state index contributed by atoms with van der Waals surface area (Å²) in [5, 5.41) is 2.13. The predicted molar refractivity (Wildman–Crippen MR) is 111 cm³/mol. The van der Waals surface area contributed by atoms with Gasteiger partial charge >= 0.3 is 6.03 Å². The third-order valence-electron chi connectivity index (χ3n) is 7.28. The highest BCUT2D eigenvalue weighted by atomic mass is 32.1. The molecule has 4 rings (SSSR count). The number of carbonyl (C=O) groups excluding carboxylic acids is 2. The lowest BCUT2D eigenvalue weighted by molar-refractivity contribution is -0.142. The van der Waals surface area contributed by atoms with Crippen molar-refractivity contribution in [3.05, 3.63) is 22.4 Å². The molecule has 0 aromatic carbocycles. The number of likely N-dealkylation sites (tertiary alicyclic amines) is 3. The minimum atomic E-state index is -0.385. The number of urea groups is 1. The van der Waals surface area contributed by atoms with Gasteiger partial charge in [-0.3, -0.25) is 9.69 Å². The van der Waals surface area contributed by atoms with Crippen molar-refractivity contribution in [3.8, 4) is 0 Å². The Labute approximate surface area is 172 Å². The van der Waals surface area contributed by atoms with E-state index in [9.17, 15) is 9.59 Å². The van der Waals surface area contributed by atoms with Gasteiger partial charge in [0.1, 0.15) is 0 Å². The number of hydrogen-bond acceptors (Lipinski definition) is 4. The normalized spacial score (nSPS) is 27.3. The zero-order valence-corrected chi connectivity index (χ0v) is 18.1. The third-order valence-corrected chi connectivity index (χ3v) is 8.14. The topological polar surface area (TPSA) is 47.1 Å².